The van der Waals surface area contributed by atoms with Gasteiger partial charge in [0.25, 0.3) is 0 Å². The van der Waals surface area contributed by atoms with Crippen LogP contribution in [0.15, 0.2) is 18.2 Å². The maximum Gasteiger partial charge on any atom is 0.0693 e. The SMILES string of the molecule is CC1CC(O)(Cc2ccc(Cl)cc2Cl)C1. The maximum atomic E-state index is 10.1. The molecule has 0 radical (unpaired) electrons. The molecule has 0 saturated heterocycles. The summed E-state index contributed by atoms with van der Waals surface area (Å²) < 4.78 is 0. The quantitative estimate of drug-likeness (QED) is 0.842. The average Bonchev–Trinajstić information content (AvgIpc) is 2.08. The van der Waals surface area contributed by atoms with E-state index >= 15 is 0 Å². The molecule has 0 atom stereocenters. The fourth-order valence-corrected chi connectivity index (χ4v) is 2.88. The monoisotopic (exact) mass is 244 g/mol. The van der Waals surface area contributed by atoms with Gasteiger partial charge < -0.3 is 5.11 Å². The molecule has 0 unspecified atom stereocenters. The van der Waals surface area contributed by atoms with Crippen LogP contribution >= 0.6 is 23.2 Å². The van der Waals surface area contributed by atoms with E-state index in [-0.39, 0.29) is 0 Å². The molecule has 2 rings (SSSR count). The molecular formula is C12H14Cl2O. The fourth-order valence-electron chi connectivity index (χ4n) is 2.40. The predicted octanol–water partition coefficient (Wildman–Crippen LogP) is 3.70. The van der Waals surface area contributed by atoms with Gasteiger partial charge in [0.15, 0.2) is 0 Å². The highest BCUT2D eigenvalue weighted by Gasteiger charge is 2.40. The normalized spacial score (nSPS) is 30.0. The molecule has 15 heavy (non-hydrogen) atoms. The predicted molar refractivity (Wildman–Crippen MR) is 63.5 cm³/mol. The van der Waals surface area contributed by atoms with Gasteiger partial charge in [-0.15, -0.1) is 0 Å². The zero-order valence-corrected chi connectivity index (χ0v) is 10.1. The number of aliphatic hydroxyl groups is 1. The third kappa shape index (κ3) is 2.47. The average molecular weight is 245 g/mol. The van der Waals surface area contributed by atoms with E-state index in [1.54, 1.807) is 6.07 Å². The fraction of sp³-hybridized carbons (Fsp3) is 0.500. The molecule has 1 saturated carbocycles. The van der Waals surface area contributed by atoms with Crippen molar-refractivity contribution in [3.8, 4) is 0 Å². The van der Waals surface area contributed by atoms with Crippen LogP contribution in [0.25, 0.3) is 0 Å². The van der Waals surface area contributed by atoms with Crippen LogP contribution < -0.4 is 0 Å². The van der Waals surface area contributed by atoms with Crippen molar-refractivity contribution in [3.63, 3.8) is 0 Å². The Hall–Kier alpha value is -0.240. The first-order chi connectivity index (χ1) is 6.98. The van der Waals surface area contributed by atoms with Gasteiger partial charge in [-0.1, -0.05) is 36.2 Å². The van der Waals surface area contributed by atoms with Crippen molar-refractivity contribution in [1.82, 2.24) is 0 Å². The highest BCUT2D eigenvalue weighted by atomic mass is 35.5. The maximum absolute atomic E-state index is 10.1. The Kier molecular flexibility index (Phi) is 2.98. The van der Waals surface area contributed by atoms with E-state index < -0.39 is 5.60 Å². The topological polar surface area (TPSA) is 20.2 Å². The molecule has 0 bridgehead atoms. The Morgan fingerprint density at radius 1 is 1.40 bits per heavy atom. The smallest absolute Gasteiger partial charge is 0.0693 e. The van der Waals surface area contributed by atoms with Crippen molar-refractivity contribution in [2.24, 2.45) is 5.92 Å². The van der Waals surface area contributed by atoms with Crippen LogP contribution in [-0.2, 0) is 6.42 Å². The van der Waals surface area contributed by atoms with Crippen molar-refractivity contribution < 1.29 is 5.11 Å². The standard InChI is InChI=1S/C12H14Cl2O/c1-8-5-12(15,6-8)7-9-2-3-10(13)4-11(9)14/h2-4,8,15H,5-7H2,1H3. The molecule has 1 aliphatic rings. The first-order valence-electron chi connectivity index (χ1n) is 5.15. The van der Waals surface area contributed by atoms with E-state index in [9.17, 15) is 5.11 Å². The molecule has 0 amide bonds. The second kappa shape index (κ2) is 3.97. The van der Waals surface area contributed by atoms with Crippen molar-refractivity contribution in [2.45, 2.75) is 31.8 Å². The molecule has 1 N–H and O–H groups in total. The summed E-state index contributed by atoms with van der Waals surface area (Å²) in [6, 6.07) is 5.43. The van der Waals surface area contributed by atoms with Gasteiger partial charge in [0.2, 0.25) is 0 Å². The molecule has 1 aromatic rings. The highest BCUT2D eigenvalue weighted by Crippen LogP contribution is 2.40. The first kappa shape index (κ1) is 11.3. The number of benzene rings is 1. The molecule has 1 aliphatic carbocycles. The lowest BCUT2D eigenvalue weighted by atomic mass is 9.69. The number of hydrogen-bond donors (Lipinski definition) is 1. The Morgan fingerprint density at radius 3 is 2.60 bits per heavy atom. The minimum atomic E-state index is -0.545. The summed E-state index contributed by atoms with van der Waals surface area (Å²) in [7, 11) is 0. The summed E-state index contributed by atoms with van der Waals surface area (Å²) in [4.78, 5) is 0. The zero-order valence-electron chi connectivity index (χ0n) is 8.63. The molecule has 1 aromatic carbocycles. The van der Waals surface area contributed by atoms with Crippen molar-refractivity contribution in [2.75, 3.05) is 0 Å². The summed E-state index contributed by atoms with van der Waals surface area (Å²) in [5, 5.41) is 11.4. The lowest BCUT2D eigenvalue weighted by molar-refractivity contribution is -0.0665. The van der Waals surface area contributed by atoms with E-state index in [0.29, 0.717) is 22.4 Å². The molecule has 1 nitrogen and oxygen atoms in total. The third-order valence-electron chi connectivity index (χ3n) is 2.99. The molecule has 0 aromatic heterocycles. The minimum absolute atomic E-state index is 0.545. The Morgan fingerprint density at radius 2 is 2.07 bits per heavy atom. The Balaban J connectivity index is 2.11. The second-order valence-electron chi connectivity index (χ2n) is 4.65. The van der Waals surface area contributed by atoms with Gasteiger partial charge in [-0.2, -0.15) is 0 Å². The number of halogens is 2. The van der Waals surface area contributed by atoms with Crippen LogP contribution in [-0.4, -0.2) is 10.7 Å². The van der Waals surface area contributed by atoms with Gasteiger partial charge in [-0.3, -0.25) is 0 Å². The largest absolute Gasteiger partial charge is 0.390 e. The summed E-state index contributed by atoms with van der Waals surface area (Å²) in [6.45, 7) is 2.15. The summed E-state index contributed by atoms with van der Waals surface area (Å²) in [5.41, 5.74) is 0.437. The van der Waals surface area contributed by atoms with Crippen LogP contribution in [0.2, 0.25) is 10.0 Å². The zero-order chi connectivity index (χ0) is 11.1. The molecule has 0 spiro atoms. The molecule has 0 aliphatic heterocycles. The minimum Gasteiger partial charge on any atom is -0.390 e. The molecular weight excluding hydrogens is 231 g/mol. The van der Waals surface area contributed by atoms with Crippen molar-refractivity contribution in [3.05, 3.63) is 33.8 Å². The van der Waals surface area contributed by atoms with Crippen LogP contribution in [0.4, 0.5) is 0 Å². The van der Waals surface area contributed by atoms with Gasteiger partial charge in [0.05, 0.1) is 5.60 Å². The van der Waals surface area contributed by atoms with Crippen LogP contribution in [0.3, 0.4) is 0 Å². The Bertz CT molecular complexity index is 370. The summed E-state index contributed by atoms with van der Waals surface area (Å²) in [6.07, 6.45) is 2.37. The molecule has 82 valence electrons. The van der Waals surface area contributed by atoms with Gasteiger partial charge in [0, 0.05) is 16.5 Å². The van der Waals surface area contributed by atoms with Crippen LogP contribution in [0.5, 0.6) is 0 Å². The lowest BCUT2D eigenvalue weighted by Crippen LogP contribution is -2.44. The van der Waals surface area contributed by atoms with Gasteiger partial charge in [0.1, 0.15) is 0 Å². The summed E-state index contributed by atoms with van der Waals surface area (Å²) in [5.74, 6) is 0.626. The highest BCUT2D eigenvalue weighted by molar-refractivity contribution is 6.35. The van der Waals surface area contributed by atoms with E-state index in [1.807, 2.05) is 12.1 Å². The van der Waals surface area contributed by atoms with Crippen molar-refractivity contribution >= 4 is 23.2 Å². The van der Waals surface area contributed by atoms with E-state index in [1.165, 1.54) is 0 Å². The van der Waals surface area contributed by atoms with Crippen molar-refractivity contribution in [1.29, 1.82) is 0 Å². The second-order valence-corrected chi connectivity index (χ2v) is 5.49. The van der Waals surface area contributed by atoms with Crippen LogP contribution in [0, 0.1) is 5.92 Å². The number of rotatable bonds is 2. The Labute approximate surface area is 100 Å². The van der Waals surface area contributed by atoms with E-state index in [4.69, 9.17) is 23.2 Å². The third-order valence-corrected chi connectivity index (χ3v) is 3.58. The van der Waals surface area contributed by atoms with E-state index in [2.05, 4.69) is 6.92 Å². The van der Waals surface area contributed by atoms with Crippen LogP contribution in [0.1, 0.15) is 25.3 Å². The van der Waals surface area contributed by atoms with Gasteiger partial charge in [-0.25, -0.2) is 0 Å². The van der Waals surface area contributed by atoms with Gasteiger partial charge >= 0.3 is 0 Å². The van der Waals surface area contributed by atoms with E-state index in [0.717, 1.165) is 18.4 Å². The lowest BCUT2D eigenvalue weighted by Gasteiger charge is -2.42. The molecule has 0 heterocycles. The first-order valence-corrected chi connectivity index (χ1v) is 5.90. The molecule has 1 fully saturated rings. The molecule has 3 heteroatoms. The number of hydrogen-bond acceptors (Lipinski definition) is 1. The van der Waals surface area contributed by atoms with Gasteiger partial charge in [-0.05, 0) is 36.5 Å². The summed E-state index contributed by atoms with van der Waals surface area (Å²) >= 11 is 11.9.